The molecule has 0 saturated carbocycles. The molecular weight excluding hydrogens is 300 g/mol. The Labute approximate surface area is 125 Å². The summed E-state index contributed by atoms with van der Waals surface area (Å²) < 4.78 is 28.2. The first-order valence-electron chi connectivity index (χ1n) is 6.79. The molecule has 8 heteroatoms. The third-order valence-corrected chi connectivity index (χ3v) is 5.63. The van der Waals surface area contributed by atoms with Crippen molar-refractivity contribution in [1.29, 1.82) is 0 Å². The SMILES string of the molecule is CC1CCN(CCNS(=O)(=O)c2ncn(C)c2Cl)CC1. The van der Waals surface area contributed by atoms with Crippen molar-refractivity contribution >= 4 is 21.6 Å². The highest BCUT2D eigenvalue weighted by Gasteiger charge is 2.22. The molecule has 20 heavy (non-hydrogen) atoms. The Kier molecular flexibility index (Phi) is 5.06. The first kappa shape index (κ1) is 15.8. The Balaban J connectivity index is 1.86. The lowest BCUT2D eigenvalue weighted by atomic mass is 9.99. The molecule has 2 heterocycles. The average Bonchev–Trinajstić information content (AvgIpc) is 2.73. The number of halogens is 1. The maximum Gasteiger partial charge on any atom is 0.261 e. The fourth-order valence-electron chi connectivity index (χ4n) is 2.27. The Hall–Kier alpha value is -0.630. The minimum atomic E-state index is -3.62. The first-order valence-corrected chi connectivity index (χ1v) is 8.65. The zero-order valence-electron chi connectivity index (χ0n) is 11.8. The molecule has 1 aliphatic heterocycles. The van der Waals surface area contributed by atoms with Gasteiger partial charge in [-0.1, -0.05) is 18.5 Å². The summed E-state index contributed by atoms with van der Waals surface area (Å²) in [6.07, 6.45) is 3.75. The van der Waals surface area contributed by atoms with E-state index < -0.39 is 10.0 Å². The van der Waals surface area contributed by atoms with Gasteiger partial charge in [-0.15, -0.1) is 0 Å². The molecule has 1 aromatic rings. The Morgan fingerprint density at radius 1 is 1.45 bits per heavy atom. The molecule has 1 saturated heterocycles. The van der Waals surface area contributed by atoms with Crippen molar-refractivity contribution < 1.29 is 8.42 Å². The predicted molar refractivity (Wildman–Crippen MR) is 78.2 cm³/mol. The second kappa shape index (κ2) is 6.43. The molecule has 0 radical (unpaired) electrons. The summed E-state index contributed by atoms with van der Waals surface area (Å²) in [4.78, 5) is 6.11. The number of hydrogen-bond donors (Lipinski definition) is 1. The third-order valence-electron chi connectivity index (χ3n) is 3.69. The van der Waals surface area contributed by atoms with Crippen molar-refractivity contribution in [3.05, 3.63) is 11.5 Å². The maximum absolute atomic E-state index is 12.1. The molecule has 0 unspecified atom stereocenters. The number of aromatic nitrogens is 2. The normalized spacial score (nSPS) is 18.6. The van der Waals surface area contributed by atoms with Crippen LogP contribution in [0.1, 0.15) is 19.8 Å². The van der Waals surface area contributed by atoms with E-state index in [1.807, 2.05) is 0 Å². The van der Waals surface area contributed by atoms with Crippen molar-refractivity contribution in [3.8, 4) is 0 Å². The number of rotatable bonds is 5. The summed E-state index contributed by atoms with van der Waals surface area (Å²) in [7, 11) is -1.97. The number of piperidine rings is 1. The van der Waals surface area contributed by atoms with Gasteiger partial charge in [-0.25, -0.2) is 18.1 Å². The lowest BCUT2D eigenvalue weighted by Gasteiger charge is -2.29. The molecule has 6 nitrogen and oxygen atoms in total. The topological polar surface area (TPSA) is 67.2 Å². The van der Waals surface area contributed by atoms with Crippen LogP contribution >= 0.6 is 11.6 Å². The van der Waals surface area contributed by atoms with Crippen LogP contribution in [0.15, 0.2) is 11.4 Å². The van der Waals surface area contributed by atoms with Crippen molar-refractivity contribution in [1.82, 2.24) is 19.2 Å². The molecule has 1 fully saturated rings. The van der Waals surface area contributed by atoms with Gasteiger partial charge in [-0.3, -0.25) is 0 Å². The van der Waals surface area contributed by atoms with E-state index in [0.29, 0.717) is 6.54 Å². The van der Waals surface area contributed by atoms with E-state index in [9.17, 15) is 8.42 Å². The second-order valence-corrected chi connectivity index (χ2v) is 7.41. The van der Waals surface area contributed by atoms with Crippen molar-refractivity contribution in [2.45, 2.75) is 24.8 Å². The average molecular weight is 321 g/mol. The van der Waals surface area contributed by atoms with Crippen molar-refractivity contribution in [2.24, 2.45) is 13.0 Å². The standard InChI is InChI=1S/C12H21ClN4O2S/c1-10-3-6-17(7-4-10)8-5-15-20(18,19)12-11(13)16(2)9-14-12/h9-10,15H,3-8H2,1-2H3. The van der Waals surface area contributed by atoms with Crippen LogP contribution in [0, 0.1) is 5.92 Å². The molecule has 0 amide bonds. The van der Waals surface area contributed by atoms with E-state index >= 15 is 0 Å². The van der Waals surface area contributed by atoms with Gasteiger partial charge in [-0.05, 0) is 31.8 Å². The van der Waals surface area contributed by atoms with Gasteiger partial charge >= 0.3 is 0 Å². The zero-order chi connectivity index (χ0) is 14.8. The molecule has 1 aliphatic rings. The Morgan fingerprint density at radius 3 is 2.65 bits per heavy atom. The monoisotopic (exact) mass is 320 g/mol. The van der Waals surface area contributed by atoms with E-state index in [1.165, 1.54) is 23.7 Å². The number of sulfonamides is 1. The number of nitrogens with zero attached hydrogens (tertiary/aromatic N) is 3. The van der Waals surface area contributed by atoms with Crippen LogP contribution in [0.4, 0.5) is 0 Å². The first-order chi connectivity index (χ1) is 9.40. The lowest BCUT2D eigenvalue weighted by Crippen LogP contribution is -2.39. The largest absolute Gasteiger partial charge is 0.324 e. The number of imidazole rings is 1. The number of nitrogens with one attached hydrogen (secondary N) is 1. The highest BCUT2D eigenvalue weighted by atomic mass is 35.5. The van der Waals surface area contributed by atoms with E-state index in [2.05, 4.69) is 21.5 Å². The quantitative estimate of drug-likeness (QED) is 0.881. The third kappa shape index (κ3) is 3.72. The van der Waals surface area contributed by atoms with Gasteiger partial charge in [0.15, 0.2) is 0 Å². The van der Waals surface area contributed by atoms with Crippen LogP contribution in [-0.4, -0.2) is 49.0 Å². The summed E-state index contributed by atoms with van der Waals surface area (Å²) in [5.74, 6) is 0.773. The molecule has 1 aromatic heterocycles. The fraction of sp³-hybridized carbons (Fsp3) is 0.750. The molecule has 0 aliphatic carbocycles. The van der Waals surface area contributed by atoms with Gasteiger partial charge in [0.1, 0.15) is 5.15 Å². The number of hydrogen-bond acceptors (Lipinski definition) is 4. The zero-order valence-corrected chi connectivity index (χ0v) is 13.4. The number of aryl methyl sites for hydroxylation is 1. The van der Waals surface area contributed by atoms with Gasteiger partial charge < -0.3 is 9.47 Å². The minimum Gasteiger partial charge on any atom is -0.324 e. The summed E-state index contributed by atoms with van der Waals surface area (Å²) >= 11 is 5.91. The van der Waals surface area contributed by atoms with E-state index in [-0.39, 0.29) is 10.2 Å². The molecule has 0 atom stereocenters. The molecular formula is C12H21ClN4O2S. The highest BCUT2D eigenvalue weighted by Crippen LogP contribution is 2.18. The van der Waals surface area contributed by atoms with E-state index in [0.717, 1.165) is 25.6 Å². The van der Waals surface area contributed by atoms with Gasteiger partial charge in [0.25, 0.3) is 10.0 Å². The molecule has 114 valence electrons. The van der Waals surface area contributed by atoms with Crippen LogP contribution in [0.5, 0.6) is 0 Å². The summed E-state index contributed by atoms with van der Waals surface area (Å²) in [6, 6.07) is 0. The van der Waals surface area contributed by atoms with Crippen molar-refractivity contribution in [2.75, 3.05) is 26.2 Å². The summed E-state index contributed by atoms with van der Waals surface area (Å²) in [5.41, 5.74) is 0. The lowest BCUT2D eigenvalue weighted by molar-refractivity contribution is 0.195. The molecule has 0 aromatic carbocycles. The van der Waals surface area contributed by atoms with E-state index in [4.69, 9.17) is 11.6 Å². The van der Waals surface area contributed by atoms with Gasteiger partial charge in [0.2, 0.25) is 5.03 Å². The second-order valence-electron chi connectivity index (χ2n) is 5.37. The molecule has 0 bridgehead atoms. The number of likely N-dealkylation sites (tertiary alicyclic amines) is 1. The van der Waals surface area contributed by atoms with Gasteiger partial charge in [-0.2, -0.15) is 0 Å². The predicted octanol–water partition coefficient (Wildman–Crippen LogP) is 1.08. The van der Waals surface area contributed by atoms with Crippen LogP contribution in [0.3, 0.4) is 0 Å². The van der Waals surface area contributed by atoms with E-state index in [1.54, 1.807) is 7.05 Å². The fourth-order valence-corrected chi connectivity index (χ4v) is 3.71. The van der Waals surface area contributed by atoms with Crippen LogP contribution in [0.25, 0.3) is 0 Å². The minimum absolute atomic E-state index is 0.103. The smallest absolute Gasteiger partial charge is 0.261 e. The Morgan fingerprint density at radius 2 is 2.10 bits per heavy atom. The molecule has 0 spiro atoms. The Bertz CT molecular complexity index is 550. The van der Waals surface area contributed by atoms with Gasteiger partial charge in [0.05, 0.1) is 6.33 Å². The summed E-state index contributed by atoms with van der Waals surface area (Å²) in [5, 5.41) is 0.0261. The summed E-state index contributed by atoms with van der Waals surface area (Å²) in [6.45, 7) is 5.42. The molecule has 1 N–H and O–H groups in total. The molecule has 2 rings (SSSR count). The van der Waals surface area contributed by atoms with Crippen LogP contribution in [0.2, 0.25) is 5.15 Å². The van der Waals surface area contributed by atoms with Crippen LogP contribution in [-0.2, 0) is 17.1 Å². The van der Waals surface area contributed by atoms with Crippen LogP contribution < -0.4 is 4.72 Å². The maximum atomic E-state index is 12.1. The highest BCUT2D eigenvalue weighted by molar-refractivity contribution is 7.89. The van der Waals surface area contributed by atoms with Crippen molar-refractivity contribution in [3.63, 3.8) is 0 Å². The van der Waals surface area contributed by atoms with Gasteiger partial charge in [0, 0.05) is 20.1 Å².